The van der Waals surface area contributed by atoms with Crippen LogP contribution in [-0.2, 0) is 10.0 Å². The maximum Gasteiger partial charge on any atom is 0.270 e. The molecular formula is C15H24ClN3O4S. The van der Waals surface area contributed by atoms with Gasteiger partial charge in [0.25, 0.3) is 5.69 Å². The molecule has 2 rings (SSSR count). The van der Waals surface area contributed by atoms with E-state index in [1.54, 1.807) is 6.92 Å². The minimum atomic E-state index is -3.88. The third-order valence-corrected chi connectivity index (χ3v) is 6.52. The summed E-state index contributed by atoms with van der Waals surface area (Å²) in [6.45, 7) is 3.83. The monoisotopic (exact) mass is 377 g/mol. The van der Waals surface area contributed by atoms with Crippen molar-refractivity contribution in [2.75, 3.05) is 6.54 Å². The van der Waals surface area contributed by atoms with Crippen LogP contribution in [0.3, 0.4) is 0 Å². The number of aryl methyl sites for hydroxylation is 1. The number of hydrogen-bond donors (Lipinski definition) is 2. The Labute approximate surface area is 148 Å². The fourth-order valence-corrected chi connectivity index (χ4v) is 5.02. The third kappa shape index (κ3) is 4.05. The van der Waals surface area contributed by atoms with Crippen LogP contribution in [0.1, 0.15) is 38.2 Å². The summed E-state index contributed by atoms with van der Waals surface area (Å²) in [5, 5.41) is 10.9. The molecule has 9 heteroatoms. The lowest BCUT2D eigenvalue weighted by Crippen LogP contribution is -2.59. The van der Waals surface area contributed by atoms with Crippen LogP contribution in [0.5, 0.6) is 0 Å². The largest absolute Gasteiger partial charge is 0.329 e. The molecule has 0 spiro atoms. The van der Waals surface area contributed by atoms with E-state index >= 15 is 0 Å². The van der Waals surface area contributed by atoms with Gasteiger partial charge in [0.1, 0.15) is 0 Å². The zero-order valence-electron chi connectivity index (χ0n) is 13.8. The molecule has 0 amide bonds. The number of nitrogens with one attached hydrogen (secondary N) is 1. The van der Waals surface area contributed by atoms with Gasteiger partial charge in [-0.15, -0.1) is 12.4 Å². The molecule has 136 valence electrons. The minimum absolute atomic E-state index is 0. The summed E-state index contributed by atoms with van der Waals surface area (Å²) in [7, 11) is -3.88. The van der Waals surface area contributed by atoms with Gasteiger partial charge in [0.2, 0.25) is 10.0 Å². The molecular weight excluding hydrogens is 354 g/mol. The Hall–Kier alpha value is -1.22. The molecule has 0 radical (unpaired) electrons. The third-order valence-electron chi connectivity index (χ3n) is 4.83. The number of nitrogens with zero attached hydrogens (tertiary/aromatic N) is 1. The minimum Gasteiger partial charge on any atom is -0.329 e. The van der Waals surface area contributed by atoms with Crippen LogP contribution in [-0.4, -0.2) is 25.4 Å². The van der Waals surface area contributed by atoms with Gasteiger partial charge in [0, 0.05) is 24.2 Å². The summed E-state index contributed by atoms with van der Waals surface area (Å²) in [5.74, 6) is 0.120. The number of benzene rings is 1. The second-order valence-electron chi connectivity index (χ2n) is 6.32. The van der Waals surface area contributed by atoms with E-state index in [4.69, 9.17) is 5.73 Å². The Morgan fingerprint density at radius 1 is 1.42 bits per heavy atom. The van der Waals surface area contributed by atoms with E-state index in [2.05, 4.69) is 4.72 Å². The zero-order valence-corrected chi connectivity index (χ0v) is 15.5. The van der Waals surface area contributed by atoms with Crippen molar-refractivity contribution in [3.8, 4) is 0 Å². The first kappa shape index (κ1) is 20.8. The number of nitro groups is 1. The average molecular weight is 378 g/mol. The molecule has 0 bridgehead atoms. The number of halogens is 1. The number of nitro benzene ring substituents is 1. The zero-order chi connectivity index (χ0) is 17.3. The number of rotatable bonds is 5. The van der Waals surface area contributed by atoms with Crippen molar-refractivity contribution >= 4 is 28.1 Å². The summed E-state index contributed by atoms with van der Waals surface area (Å²) < 4.78 is 28.4. The van der Waals surface area contributed by atoms with Crippen molar-refractivity contribution in [1.82, 2.24) is 4.72 Å². The molecule has 0 heterocycles. The van der Waals surface area contributed by atoms with Gasteiger partial charge in [-0.2, -0.15) is 0 Å². The summed E-state index contributed by atoms with van der Waals surface area (Å²) >= 11 is 0. The van der Waals surface area contributed by atoms with E-state index in [1.165, 1.54) is 12.1 Å². The molecule has 0 aromatic heterocycles. The smallest absolute Gasteiger partial charge is 0.270 e. The Kier molecular flexibility index (Phi) is 6.75. The lowest BCUT2D eigenvalue weighted by Gasteiger charge is -2.42. The molecule has 7 nitrogen and oxygen atoms in total. The first-order chi connectivity index (χ1) is 10.7. The van der Waals surface area contributed by atoms with Gasteiger partial charge in [-0.1, -0.05) is 25.8 Å². The molecule has 24 heavy (non-hydrogen) atoms. The van der Waals surface area contributed by atoms with Gasteiger partial charge in [-0.05, 0) is 31.2 Å². The molecule has 1 fully saturated rings. The predicted octanol–water partition coefficient (Wildman–Crippen LogP) is 2.51. The standard InChI is InChI=1S/C15H23N3O4S.ClH/c1-11-6-7-13(18(19)20)9-14(11)23(21,22)17-15(10-16)8-4-3-5-12(15)2;/h6-7,9,12,17H,3-5,8,10,16H2,1-2H3;1H. The highest BCUT2D eigenvalue weighted by Crippen LogP contribution is 2.34. The van der Waals surface area contributed by atoms with Gasteiger partial charge < -0.3 is 5.73 Å². The van der Waals surface area contributed by atoms with Gasteiger partial charge in [-0.25, -0.2) is 13.1 Å². The average Bonchev–Trinajstić information content (AvgIpc) is 2.49. The van der Waals surface area contributed by atoms with E-state index in [-0.39, 0.29) is 35.5 Å². The molecule has 1 saturated carbocycles. The molecule has 0 aliphatic heterocycles. The lowest BCUT2D eigenvalue weighted by molar-refractivity contribution is -0.385. The van der Waals surface area contributed by atoms with Crippen molar-refractivity contribution in [3.63, 3.8) is 0 Å². The van der Waals surface area contributed by atoms with Crippen molar-refractivity contribution < 1.29 is 13.3 Å². The number of hydrogen-bond acceptors (Lipinski definition) is 5. The number of sulfonamides is 1. The predicted molar refractivity (Wildman–Crippen MR) is 94.8 cm³/mol. The van der Waals surface area contributed by atoms with Gasteiger partial charge >= 0.3 is 0 Å². The summed E-state index contributed by atoms with van der Waals surface area (Å²) in [6.07, 6.45) is 3.56. The van der Waals surface area contributed by atoms with Crippen molar-refractivity contribution in [2.24, 2.45) is 11.7 Å². The lowest BCUT2D eigenvalue weighted by atomic mass is 9.74. The van der Waals surface area contributed by atoms with E-state index in [0.717, 1.165) is 25.3 Å². The molecule has 1 aliphatic rings. The highest BCUT2D eigenvalue weighted by Gasteiger charge is 2.41. The quantitative estimate of drug-likeness (QED) is 0.604. The van der Waals surface area contributed by atoms with Crippen LogP contribution < -0.4 is 10.5 Å². The first-order valence-corrected chi connectivity index (χ1v) is 9.19. The topological polar surface area (TPSA) is 115 Å². The first-order valence-electron chi connectivity index (χ1n) is 7.71. The SMILES string of the molecule is Cc1ccc([N+](=O)[O-])cc1S(=O)(=O)NC1(CN)CCCCC1C.Cl. The Balaban J connectivity index is 0.00000288. The Morgan fingerprint density at radius 3 is 2.62 bits per heavy atom. The fraction of sp³-hybridized carbons (Fsp3) is 0.600. The Morgan fingerprint density at radius 2 is 2.08 bits per heavy atom. The maximum atomic E-state index is 12.8. The van der Waals surface area contributed by atoms with Crippen LogP contribution in [0.4, 0.5) is 5.69 Å². The van der Waals surface area contributed by atoms with Crippen LogP contribution in [0.15, 0.2) is 23.1 Å². The van der Waals surface area contributed by atoms with Crippen LogP contribution in [0, 0.1) is 23.0 Å². The molecule has 1 aliphatic carbocycles. The van der Waals surface area contributed by atoms with Gasteiger partial charge in [0.05, 0.1) is 9.82 Å². The van der Waals surface area contributed by atoms with Crippen LogP contribution in [0.2, 0.25) is 0 Å². The number of nitrogens with two attached hydrogens (primary N) is 1. The fourth-order valence-electron chi connectivity index (χ4n) is 3.22. The summed E-state index contributed by atoms with van der Waals surface area (Å²) in [4.78, 5) is 10.3. The highest BCUT2D eigenvalue weighted by atomic mass is 35.5. The maximum absolute atomic E-state index is 12.8. The number of non-ortho nitro benzene ring substituents is 1. The molecule has 1 aromatic carbocycles. The molecule has 2 atom stereocenters. The van der Waals surface area contributed by atoms with Gasteiger partial charge in [0.15, 0.2) is 0 Å². The van der Waals surface area contributed by atoms with Gasteiger partial charge in [-0.3, -0.25) is 10.1 Å². The van der Waals surface area contributed by atoms with E-state index in [1.807, 2.05) is 6.92 Å². The van der Waals surface area contributed by atoms with Crippen LogP contribution in [0.25, 0.3) is 0 Å². The molecule has 1 aromatic rings. The van der Waals surface area contributed by atoms with E-state index in [0.29, 0.717) is 12.0 Å². The Bertz CT molecular complexity index is 711. The van der Waals surface area contributed by atoms with E-state index < -0.39 is 20.5 Å². The van der Waals surface area contributed by atoms with Crippen molar-refractivity contribution in [3.05, 3.63) is 33.9 Å². The molecule has 2 unspecified atom stereocenters. The summed E-state index contributed by atoms with van der Waals surface area (Å²) in [5.41, 5.74) is 5.44. The van der Waals surface area contributed by atoms with Crippen molar-refractivity contribution in [2.45, 2.75) is 50.0 Å². The van der Waals surface area contributed by atoms with Crippen LogP contribution >= 0.6 is 12.4 Å². The second-order valence-corrected chi connectivity index (χ2v) is 7.97. The van der Waals surface area contributed by atoms with E-state index in [9.17, 15) is 18.5 Å². The molecule has 3 N–H and O–H groups in total. The highest BCUT2D eigenvalue weighted by molar-refractivity contribution is 7.89. The normalized spacial score (nSPS) is 24.2. The summed E-state index contributed by atoms with van der Waals surface area (Å²) in [6, 6.07) is 3.86. The molecule has 0 saturated heterocycles. The second kappa shape index (κ2) is 7.77. The van der Waals surface area contributed by atoms with Crippen molar-refractivity contribution in [1.29, 1.82) is 0 Å².